The molecule has 0 bridgehead atoms. The van der Waals surface area contributed by atoms with Crippen molar-refractivity contribution in [1.82, 2.24) is 18.7 Å². The summed E-state index contributed by atoms with van der Waals surface area (Å²) in [7, 11) is 3.14. The lowest BCUT2D eigenvalue weighted by atomic mass is 10.1. The minimum absolute atomic E-state index is 0.338. The lowest BCUT2D eigenvalue weighted by molar-refractivity contribution is 0.565. The lowest BCUT2D eigenvalue weighted by Gasteiger charge is -2.26. The third-order valence-corrected chi connectivity index (χ3v) is 5.13. The molecule has 0 atom stereocenters. The molecule has 1 aromatic carbocycles. The Morgan fingerprint density at radius 3 is 2.46 bits per heavy atom. The van der Waals surface area contributed by atoms with Crippen molar-refractivity contribution >= 4 is 22.8 Å². The lowest BCUT2D eigenvalue weighted by Crippen LogP contribution is -2.38. The van der Waals surface area contributed by atoms with Gasteiger partial charge in [0, 0.05) is 20.6 Å². The number of fused-ring (bicyclic) bond motifs is 3. The second-order valence-electron chi connectivity index (χ2n) is 7.59. The number of anilines is 1. The molecule has 0 saturated carbocycles. The Morgan fingerprint density at radius 1 is 1.07 bits per heavy atom. The number of aryl methyl sites for hydroxylation is 1. The van der Waals surface area contributed by atoms with Gasteiger partial charge in [-0.2, -0.15) is 10.1 Å². The predicted molar refractivity (Wildman–Crippen MR) is 110 cm³/mol. The molecule has 8 nitrogen and oxygen atoms in total. The average Bonchev–Trinajstić information content (AvgIpc) is 3.09. The summed E-state index contributed by atoms with van der Waals surface area (Å²) in [6, 6.07) is 9.93. The Hall–Kier alpha value is -3.16. The van der Waals surface area contributed by atoms with Crippen LogP contribution in [0.2, 0.25) is 0 Å². The second kappa shape index (κ2) is 6.78. The molecule has 1 aliphatic heterocycles. The number of hydrogen-bond donors (Lipinski definition) is 0. The first kappa shape index (κ1) is 18.2. The summed E-state index contributed by atoms with van der Waals surface area (Å²) in [5.41, 5.74) is 1.97. The van der Waals surface area contributed by atoms with Gasteiger partial charge in [-0.25, -0.2) is 9.80 Å². The topological polar surface area (TPSA) is 77.4 Å². The molecule has 0 aliphatic carbocycles. The Kier molecular flexibility index (Phi) is 4.41. The third-order valence-electron chi connectivity index (χ3n) is 5.13. The van der Waals surface area contributed by atoms with Crippen LogP contribution >= 0.6 is 0 Å². The predicted octanol–water partition coefficient (Wildman–Crippen LogP) is 1.70. The molecule has 0 radical (unpaired) electrons. The van der Waals surface area contributed by atoms with Gasteiger partial charge in [-0.1, -0.05) is 44.2 Å². The highest BCUT2D eigenvalue weighted by Crippen LogP contribution is 2.26. The van der Waals surface area contributed by atoms with Crippen LogP contribution in [0.1, 0.15) is 25.8 Å². The number of imidazole rings is 1. The molecule has 0 amide bonds. The average molecular weight is 380 g/mol. The van der Waals surface area contributed by atoms with Gasteiger partial charge >= 0.3 is 5.69 Å². The third kappa shape index (κ3) is 2.85. The van der Waals surface area contributed by atoms with E-state index in [-0.39, 0.29) is 11.2 Å². The Bertz CT molecular complexity index is 1180. The van der Waals surface area contributed by atoms with Crippen molar-refractivity contribution in [2.75, 3.05) is 11.6 Å². The van der Waals surface area contributed by atoms with Crippen molar-refractivity contribution in [2.45, 2.75) is 26.8 Å². The van der Waals surface area contributed by atoms with Gasteiger partial charge in [-0.3, -0.25) is 18.5 Å². The van der Waals surface area contributed by atoms with Gasteiger partial charge < -0.3 is 0 Å². The van der Waals surface area contributed by atoms with E-state index in [4.69, 9.17) is 5.10 Å². The van der Waals surface area contributed by atoms with E-state index in [0.717, 1.165) is 22.3 Å². The zero-order chi connectivity index (χ0) is 20.0. The molecule has 0 saturated heterocycles. The summed E-state index contributed by atoms with van der Waals surface area (Å²) in [6.45, 7) is 5.44. The highest BCUT2D eigenvalue weighted by molar-refractivity contribution is 6.02. The van der Waals surface area contributed by atoms with E-state index < -0.39 is 0 Å². The summed E-state index contributed by atoms with van der Waals surface area (Å²) in [5, 5.41) is 6.69. The second-order valence-corrected chi connectivity index (χ2v) is 7.59. The molecule has 0 N–H and O–H groups in total. The molecule has 4 rings (SSSR count). The molecular formula is C20H24N6O2. The van der Waals surface area contributed by atoms with Crippen molar-refractivity contribution in [3.8, 4) is 0 Å². The number of nitrogens with zero attached hydrogens (tertiary/aromatic N) is 6. The van der Waals surface area contributed by atoms with E-state index in [1.54, 1.807) is 7.05 Å². The number of hydrogen-bond acceptors (Lipinski definition) is 5. The van der Waals surface area contributed by atoms with Gasteiger partial charge in [0.05, 0.1) is 12.3 Å². The zero-order valence-electron chi connectivity index (χ0n) is 16.6. The normalized spacial score (nSPS) is 13.9. The maximum atomic E-state index is 12.9. The van der Waals surface area contributed by atoms with Crippen molar-refractivity contribution in [2.24, 2.45) is 25.1 Å². The summed E-state index contributed by atoms with van der Waals surface area (Å²) >= 11 is 0. The standard InChI is InChI=1S/C20H24N6O2/c1-13(2)10-11-26-19-21-17-16(18(27)24(4)20(28)23(17)3)25(19)12-15(22-26)14-8-6-5-7-9-14/h5-9,13H,10-12H2,1-4H3. The van der Waals surface area contributed by atoms with E-state index >= 15 is 0 Å². The highest BCUT2D eigenvalue weighted by Gasteiger charge is 2.27. The Balaban J connectivity index is 1.94. The fourth-order valence-corrected chi connectivity index (χ4v) is 3.46. The molecule has 0 spiro atoms. The van der Waals surface area contributed by atoms with E-state index in [0.29, 0.717) is 36.1 Å². The van der Waals surface area contributed by atoms with Crippen LogP contribution in [0.15, 0.2) is 45.0 Å². The van der Waals surface area contributed by atoms with Crippen LogP contribution in [-0.4, -0.2) is 30.9 Å². The minimum Gasteiger partial charge on any atom is -0.297 e. The molecule has 3 heterocycles. The van der Waals surface area contributed by atoms with Crippen LogP contribution in [0.5, 0.6) is 0 Å². The van der Waals surface area contributed by atoms with Gasteiger partial charge in [0.15, 0.2) is 11.2 Å². The van der Waals surface area contributed by atoms with Crippen molar-refractivity contribution in [3.63, 3.8) is 0 Å². The van der Waals surface area contributed by atoms with Crippen LogP contribution in [0.4, 0.5) is 5.95 Å². The van der Waals surface area contributed by atoms with E-state index in [2.05, 4.69) is 18.8 Å². The first-order chi connectivity index (χ1) is 13.4. The van der Waals surface area contributed by atoms with E-state index in [1.807, 2.05) is 39.9 Å². The van der Waals surface area contributed by atoms with E-state index in [1.165, 1.54) is 11.6 Å². The molecule has 0 fully saturated rings. The number of hydrazone groups is 1. The van der Waals surface area contributed by atoms with Crippen LogP contribution in [0.25, 0.3) is 11.2 Å². The summed E-state index contributed by atoms with van der Waals surface area (Å²) in [5.74, 6) is 1.11. The molecule has 146 valence electrons. The van der Waals surface area contributed by atoms with Gasteiger partial charge in [-0.15, -0.1) is 0 Å². The molecule has 8 heteroatoms. The highest BCUT2D eigenvalue weighted by atomic mass is 16.2. The van der Waals surface area contributed by atoms with Crippen LogP contribution < -0.4 is 16.3 Å². The first-order valence-electron chi connectivity index (χ1n) is 9.45. The smallest absolute Gasteiger partial charge is 0.297 e. The van der Waals surface area contributed by atoms with Gasteiger partial charge in [0.2, 0.25) is 5.95 Å². The largest absolute Gasteiger partial charge is 0.332 e. The quantitative estimate of drug-likeness (QED) is 0.690. The molecular weight excluding hydrogens is 356 g/mol. The molecule has 2 aromatic heterocycles. The summed E-state index contributed by atoms with van der Waals surface area (Å²) in [6.07, 6.45) is 0.936. The Morgan fingerprint density at radius 2 is 1.79 bits per heavy atom. The maximum Gasteiger partial charge on any atom is 0.332 e. The van der Waals surface area contributed by atoms with Crippen molar-refractivity contribution < 1.29 is 0 Å². The van der Waals surface area contributed by atoms with Crippen LogP contribution in [0.3, 0.4) is 0 Å². The molecule has 3 aromatic rings. The first-order valence-corrected chi connectivity index (χ1v) is 9.45. The minimum atomic E-state index is -0.383. The molecule has 1 aliphatic rings. The fourth-order valence-electron chi connectivity index (χ4n) is 3.46. The number of benzene rings is 1. The SMILES string of the molecule is CC(C)CCN1N=C(c2ccccc2)Cn2c1nc1c2c(=O)n(C)c(=O)n1C. The number of aromatic nitrogens is 4. The van der Waals surface area contributed by atoms with Crippen molar-refractivity contribution in [3.05, 3.63) is 56.7 Å². The van der Waals surface area contributed by atoms with Gasteiger partial charge in [0.25, 0.3) is 5.56 Å². The zero-order valence-corrected chi connectivity index (χ0v) is 16.6. The van der Waals surface area contributed by atoms with Gasteiger partial charge in [0.1, 0.15) is 0 Å². The maximum absolute atomic E-state index is 12.9. The monoisotopic (exact) mass is 380 g/mol. The molecule has 0 unspecified atom stereocenters. The van der Waals surface area contributed by atoms with Crippen LogP contribution in [-0.2, 0) is 20.6 Å². The van der Waals surface area contributed by atoms with Gasteiger partial charge in [-0.05, 0) is 17.9 Å². The van der Waals surface area contributed by atoms with Crippen LogP contribution in [0, 0.1) is 5.92 Å². The fraction of sp³-hybridized carbons (Fsp3) is 0.400. The van der Waals surface area contributed by atoms with E-state index in [9.17, 15) is 9.59 Å². The number of rotatable bonds is 4. The summed E-state index contributed by atoms with van der Waals surface area (Å²) in [4.78, 5) is 29.8. The van der Waals surface area contributed by atoms with Crippen molar-refractivity contribution in [1.29, 1.82) is 0 Å². The Labute approximate surface area is 162 Å². The molecule has 28 heavy (non-hydrogen) atoms. The summed E-state index contributed by atoms with van der Waals surface area (Å²) < 4.78 is 4.43.